The van der Waals surface area contributed by atoms with Gasteiger partial charge in [0.25, 0.3) is 6.43 Å². The molecule has 0 fully saturated rings. The van der Waals surface area contributed by atoms with Crippen LogP contribution in [0.25, 0.3) is 0 Å². The molecule has 66 valence electrons. The van der Waals surface area contributed by atoms with Gasteiger partial charge in [-0.1, -0.05) is 11.6 Å². The van der Waals surface area contributed by atoms with Gasteiger partial charge < -0.3 is 5.73 Å². The van der Waals surface area contributed by atoms with Gasteiger partial charge in [0, 0.05) is 6.20 Å². The van der Waals surface area contributed by atoms with Crippen molar-refractivity contribution in [2.45, 2.75) is 6.43 Å². The van der Waals surface area contributed by atoms with Gasteiger partial charge in [0.2, 0.25) is 0 Å². The molecule has 1 rings (SSSR count). The van der Waals surface area contributed by atoms with Crippen molar-refractivity contribution in [1.29, 1.82) is 0 Å². The van der Waals surface area contributed by atoms with Crippen LogP contribution in [0.4, 0.5) is 14.5 Å². The van der Waals surface area contributed by atoms with Crippen LogP contribution in [0.5, 0.6) is 0 Å². The molecule has 0 spiro atoms. The number of nitrogens with zero attached hydrogens (tertiary/aromatic N) is 1. The summed E-state index contributed by atoms with van der Waals surface area (Å²) in [6.07, 6.45) is -1.42. The number of nitrogen functional groups attached to an aromatic ring is 1. The first kappa shape index (κ1) is 9.67. The van der Waals surface area contributed by atoms with E-state index in [0.717, 1.165) is 0 Å². The Labute approximate surface area is 80.9 Å². The van der Waals surface area contributed by atoms with E-state index in [1.807, 2.05) is 0 Å². The van der Waals surface area contributed by atoms with Crippen LogP contribution in [0, 0.1) is 0 Å². The number of pyridine rings is 1. The molecule has 0 aliphatic carbocycles. The average molecular weight is 257 g/mol. The van der Waals surface area contributed by atoms with Crippen molar-refractivity contribution < 1.29 is 8.78 Å². The summed E-state index contributed by atoms with van der Waals surface area (Å²) in [4.78, 5) is 3.52. The maximum Gasteiger partial charge on any atom is 0.268 e. The van der Waals surface area contributed by atoms with Gasteiger partial charge in [-0.15, -0.1) is 0 Å². The fraction of sp³-hybridized carbons (Fsp3) is 0.167. The van der Waals surface area contributed by atoms with Gasteiger partial charge in [-0.05, 0) is 15.9 Å². The quantitative estimate of drug-likeness (QED) is 0.786. The lowest BCUT2D eigenvalue weighted by molar-refractivity contribution is 0.152. The number of aromatic nitrogens is 1. The van der Waals surface area contributed by atoms with Gasteiger partial charge in [0.15, 0.2) is 0 Å². The zero-order chi connectivity index (χ0) is 9.30. The number of halogens is 4. The van der Waals surface area contributed by atoms with E-state index >= 15 is 0 Å². The fourth-order valence-electron chi connectivity index (χ4n) is 0.700. The molecule has 0 aliphatic rings. The highest BCUT2D eigenvalue weighted by atomic mass is 79.9. The molecular formula is C6H4BrClF2N2. The van der Waals surface area contributed by atoms with Gasteiger partial charge in [-0.2, -0.15) is 0 Å². The van der Waals surface area contributed by atoms with Crippen LogP contribution < -0.4 is 5.73 Å². The second kappa shape index (κ2) is 3.53. The summed E-state index contributed by atoms with van der Waals surface area (Å²) in [6, 6.07) is 0. The third-order valence-electron chi connectivity index (χ3n) is 1.28. The Kier molecular flexibility index (Phi) is 2.85. The standard InChI is InChI=1S/C6H4BrClF2N2/c7-2-1-12-5(8)3(4(2)11)6(9)10/h1,6H,(H2,11,12). The van der Waals surface area contributed by atoms with Gasteiger partial charge in [-0.25, -0.2) is 13.8 Å². The highest BCUT2D eigenvalue weighted by Gasteiger charge is 2.18. The fourth-order valence-corrected chi connectivity index (χ4v) is 1.25. The number of alkyl halides is 2. The average Bonchev–Trinajstić information content (AvgIpc) is 1.97. The van der Waals surface area contributed by atoms with E-state index in [-0.39, 0.29) is 10.8 Å². The van der Waals surface area contributed by atoms with Crippen molar-refractivity contribution in [1.82, 2.24) is 4.98 Å². The molecule has 2 nitrogen and oxygen atoms in total. The topological polar surface area (TPSA) is 38.9 Å². The van der Waals surface area contributed by atoms with Crippen LogP contribution in [0.2, 0.25) is 5.15 Å². The predicted molar refractivity (Wildman–Crippen MR) is 46.3 cm³/mol. The molecule has 0 aliphatic heterocycles. The molecule has 0 radical (unpaired) electrons. The molecule has 0 saturated carbocycles. The van der Waals surface area contributed by atoms with Crippen LogP contribution in [-0.4, -0.2) is 4.98 Å². The van der Waals surface area contributed by atoms with Gasteiger partial charge >= 0.3 is 0 Å². The highest BCUT2D eigenvalue weighted by Crippen LogP contribution is 2.34. The molecule has 1 heterocycles. The lowest BCUT2D eigenvalue weighted by Gasteiger charge is -2.06. The first-order chi connectivity index (χ1) is 5.54. The molecule has 1 aromatic rings. The third-order valence-corrected chi connectivity index (χ3v) is 2.21. The largest absolute Gasteiger partial charge is 0.397 e. The molecule has 0 amide bonds. The van der Waals surface area contributed by atoms with E-state index in [1.54, 1.807) is 0 Å². The first-order valence-electron chi connectivity index (χ1n) is 2.91. The smallest absolute Gasteiger partial charge is 0.268 e. The Morgan fingerprint density at radius 1 is 1.58 bits per heavy atom. The normalized spacial score (nSPS) is 10.8. The maximum atomic E-state index is 12.2. The summed E-state index contributed by atoms with van der Waals surface area (Å²) in [7, 11) is 0. The van der Waals surface area contributed by atoms with Gasteiger partial charge in [0.05, 0.1) is 15.7 Å². The number of nitrogens with two attached hydrogens (primary N) is 1. The first-order valence-corrected chi connectivity index (χ1v) is 4.08. The summed E-state index contributed by atoms with van der Waals surface area (Å²) in [5, 5.41) is -0.259. The monoisotopic (exact) mass is 256 g/mol. The Hall–Kier alpha value is -0.420. The van der Waals surface area contributed by atoms with Gasteiger partial charge in [0.1, 0.15) is 5.15 Å². The number of rotatable bonds is 1. The summed E-state index contributed by atoms with van der Waals surface area (Å²) in [6.45, 7) is 0. The third kappa shape index (κ3) is 1.67. The molecule has 12 heavy (non-hydrogen) atoms. The van der Waals surface area contributed by atoms with Crippen molar-refractivity contribution in [3.63, 3.8) is 0 Å². The van der Waals surface area contributed by atoms with E-state index in [9.17, 15) is 8.78 Å². The van der Waals surface area contributed by atoms with E-state index < -0.39 is 12.0 Å². The second-order valence-corrected chi connectivity index (χ2v) is 3.24. The zero-order valence-electron chi connectivity index (χ0n) is 5.69. The highest BCUT2D eigenvalue weighted by molar-refractivity contribution is 9.10. The molecule has 0 bridgehead atoms. The van der Waals surface area contributed by atoms with Crippen LogP contribution in [-0.2, 0) is 0 Å². The minimum Gasteiger partial charge on any atom is -0.397 e. The molecule has 6 heteroatoms. The van der Waals surface area contributed by atoms with Crippen LogP contribution >= 0.6 is 27.5 Å². The Balaban J connectivity index is 3.33. The molecule has 0 atom stereocenters. The van der Waals surface area contributed by atoms with Crippen molar-refractivity contribution in [2.24, 2.45) is 0 Å². The maximum absolute atomic E-state index is 12.2. The van der Waals surface area contributed by atoms with Crippen LogP contribution in [0.1, 0.15) is 12.0 Å². The molecular weight excluding hydrogens is 253 g/mol. The van der Waals surface area contributed by atoms with E-state index in [2.05, 4.69) is 20.9 Å². The number of anilines is 1. The SMILES string of the molecule is Nc1c(Br)cnc(Cl)c1C(F)F. The van der Waals surface area contributed by atoms with Crippen molar-refractivity contribution in [3.8, 4) is 0 Å². The molecule has 0 saturated heterocycles. The second-order valence-electron chi connectivity index (χ2n) is 2.02. The van der Waals surface area contributed by atoms with Crippen LogP contribution in [0.3, 0.4) is 0 Å². The van der Waals surface area contributed by atoms with Crippen molar-refractivity contribution >= 4 is 33.2 Å². The van der Waals surface area contributed by atoms with Crippen molar-refractivity contribution in [3.05, 3.63) is 21.4 Å². The summed E-state index contributed by atoms with van der Waals surface area (Å²) in [5.41, 5.74) is 4.84. The minimum absolute atomic E-state index is 0.0648. The predicted octanol–water partition coefficient (Wildman–Crippen LogP) is 3.02. The zero-order valence-corrected chi connectivity index (χ0v) is 8.03. The Bertz CT molecular complexity index is 306. The Morgan fingerprint density at radius 3 is 2.58 bits per heavy atom. The molecule has 2 N–H and O–H groups in total. The van der Waals surface area contributed by atoms with Crippen molar-refractivity contribution in [2.75, 3.05) is 5.73 Å². The van der Waals surface area contributed by atoms with Crippen LogP contribution in [0.15, 0.2) is 10.7 Å². The lowest BCUT2D eigenvalue weighted by Crippen LogP contribution is -1.98. The molecule has 1 aromatic heterocycles. The van der Waals surface area contributed by atoms with E-state index in [1.165, 1.54) is 6.20 Å². The van der Waals surface area contributed by atoms with E-state index in [4.69, 9.17) is 17.3 Å². The molecule has 0 aromatic carbocycles. The van der Waals surface area contributed by atoms with E-state index in [0.29, 0.717) is 4.47 Å². The summed E-state index contributed by atoms with van der Waals surface area (Å²) >= 11 is 8.37. The molecule has 0 unspecified atom stereocenters. The van der Waals surface area contributed by atoms with Gasteiger partial charge in [-0.3, -0.25) is 0 Å². The summed E-state index contributed by atoms with van der Waals surface area (Å²) in [5.74, 6) is 0. The number of hydrogen-bond donors (Lipinski definition) is 1. The minimum atomic E-state index is -2.71. The lowest BCUT2D eigenvalue weighted by atomic mass is 10.2. The summed E-state index contributed by atoms with van der Waals surface area (Å²) < 4.78 is 24.8. The Morgan fingerprint density at radius 2 is 2.17 bits per heavy atom. The number of hydrogen-bond acceptors (Lipinski definition) is 2.